The Morgan fingerprint density at radius 3 is 2.29 bits per heavy atom. The lowest BCUT2D eigenvalue weighted by Crippen LogP contribution is -2.13. The Kier molecular flexibility index (Phi) is 7.21. The number of ether oxygens (including phenoxy) is 4. The number of hydrogen-bond donors (Lipinski definition) is 1. The lowest BCUT2D eigenvalue weighted by molar-refractivity contribution is -0.0512. The van der Waals surface area contributed by atoms with Crippen LogP contribution in [0.4, 0.5) is 14.5 Å². The van der Waals surface area contributed by atoms with E-state index >= 15 is 0 Å². The Labute approximate surface area is 177 Å². The maximum Gasteiger partial charge on any atom is 0.387 e. The molecule has 1 N–H and O–H groups in total. The summed E-state index contributed by atoms with van der Waals surface area (Å²) in [5.41, 5.74) is 1.46. The van der Waals surface area contributed by atoms with E-state index < -0.39 is 12.5 Å². The number of alkyl halides is 2. The fourth-order valence-corrected chi connectivity index (χ4v) is 2.72. The predicted molar refractivity (Wildman–Crippen MR) is 109 cm³/mol. The van der Waals surface area contributed by atoms with Gasteiger partial charge in [0, 0.05) is 29.7 Å². The number of anilines is 1. The molecule has 9 heteroatoms. The van der Waals surface area contributed by atoms with Crippen LogP contribution in [0.2, 0.25) is 0 Å². The molecule has 3 rings (SSSR count). The maximum atomic E-state index is 12.6. The van der Waals surface area contributed by atoms with Crippen molar-refractivity contribution in [3.8, 4) is 23.0 Å². The summed E-state index contributed by atoms with van der Waals surface area (Å²) < 4.78 is 45.8. The van der Waals surface area contributed by atoms with Gasteiger partial charge in [0.2, 0.25) is 0 Å². The minimum absolute atomic E-state index is 0.0908. The lowest BCUT2D eigenvalue weighted by Gasteiger charge is -2.14. The van der Waals surface area contributed by atoms with Gasteiger partial charge in [0.1, 0.15) is 6.61 Å². The van der Waals surface area contributed by atoms with Gasteiger partial charge in [-0.3, -0.25) is 9.78 Å². The lowest BCUT2D eigenvalue weighted by atomic mass is 10.1. The monoisotopic (exact) mass is 430 g/mol. The van der Waals surface area contributed by atoms with Crippen molar-refractivity contribution < 1.29 is 32.5 Å². The fraction of sp³-hybridized carbons (Fsp3) is 0.182. The van der Waals surface area contributed by atoms with E-state index in [4.69, 9.17) is 14.2 Å². The maximum absolute atomic E-state index is 12.6. The second-order valence-electron chi connectivity index (χ2n) is 6.21. The number of rotatable bonds is 9. The molecular formula is C22H20F2N2O5. The van der Waals surface area contributed by atoms with Gasteiger partial charge in [0.15, 0.2) is 23.0 Å². The molecule has 0 aliphatic carbocycles. The molecule has 1 heterocycles. The van der Waals surface area contributed by atoms with Crippen molar-refractivity contribution in [3.05, 3.63) is 72.1 Å². The number of nitrogens with one attached hydrogen (secondary N) is 1. The minimum atomic E-state index is -3.05. The first-order chi connectivity index (χ1) is 15.0. The molecule has 0 unspecified atom stereocenters. The molecule has 7 nitrogen and oxygen atoms in total. The van der Waals surface area contributed by atoms with Gasteiger partial charge >= 0.3 is 6.61 Å². The van der Waals surface area contributed by atoms with Gasteiger partial charge in [0.25, 0.3) is 5.91 Å². The highest BCUT2D eigenvalue weighted by Crippen LogP contribution is 2.32. The third kappa shape index (κ3) is 5.81. The fourth-order valence-electron chi connectivity index (χ4n) is 2.72. The van der Waals surface area contributed by atoms with Crippen molar-refractivity contribution in [2.24, 2.45) is 0 Å². The molecule has 0 fully saturated rings. The molecule has 0 aliphatic rings. The smallest absolute Gasteiger partial charge is 0.387 e. The van der Waals surface area contributed by atoms with E-state index in [0.29, 0.717) is 17.2 Å². The Balaban J connectivity index is 1.76. The summed E-state index contributed by atoms with van der Waals surface area (Å²) in [6.07, 6.45) is 3.32. The summed E-state index contributed by atoms with van der Waals surface area (Å²) in [5, 5.41) is 2.70. The second kappa shape index (κ2) is 10.2. The number of hydrogen-bond acceptors (Lipinski definition) is 6. The number of amides is 1. The molecule has 0 aliphatic heterocycles. The largest absolute Gasteiger partial charge is 0.493 e. The van der Waals surface area contributed by atoms with Crippen molar-refractivity contribution >= 4 is 11.6 Å². The van der Waals surface area contributed by atoms with E-state index in [1.54, 1.807) is 30.6 Å². The summed E-state index contributed by atoms with van der Waals surface area (Å²) in [6, 6.07) is 12.5. The van der Waals surface area contributed by atoms with E-state index in [-0.39, 0.29) is 23.7 Å². The van der Waals surface area contributed by atoms with Crippen LogP contribution in [-0.4, -0.2) is 31.7 Å². The van der Waals surface area contributed by atoms with E-state index in [0.717, 1.165) is 5.56 Å². The third-order valence-electron chi connectivity index (χ3n) is 4.21. The first-order valence-electron chi connectivity index (χ1n) is 9.14. The zero-order chi connectivity index (χ0) is 22.2. The van der Waals surface area contributed by atoms with Crippen molar-refractivity contribution in [1.82, 2.24) is 4.98 Å². The second-order valence-corrected chi connectivity index (χ2v) is 6.21. The third-order valence-corrected chi connectivity index (χ3v) is 4.21. The highest BCUT2D eigenvalue weighted by Gasteiger charge is 2.15. The van der Waals surface area contributed by atoms with Gasteiger partial charge in [-0.15, -0.1) is 0 Å². The molecule has 1 aromatic heterocycles. The average Bonchev–Trinajstić information content (AvgIpc) is 2.78. The Morgan fingerprint density at radius 2 is 1.61 bits per heavy atom. The normalized spacial score (nSPS) is 10.5. The summed E-state index contributed by atoms with van der Waals surface area (Å²) in [7, 11) is 2.83. The molecule has 31 heavy (non-hydrogen) atoms. The molecule has 0 saturated carbocycles. The Morgan fingerprint density at radius 1 is 0.935 bits per heavy atom. The number of nitrogens with zero attached hydrogens (tertiary/aromatic N) is 1. The van der Waals surface area contributed by atoms with Gasteiger partial charge < -0.3 is 24.3 Å². The molecule has 0 bridgehead atoms. The van der Waals surface area contributed by atoms with Crippen LogP contribution < -0.4 is 24.3 Å². The summed E-state index contributed by atoms with van der Waals surface area (Å²) in [5.74, 6) is 0.249. The molecule has 0 saturated heterocycles. The zero-order valence-corrected chi connectivity index (χ0v) is 16.8. The molecule has 0 spiro atoms. The zero-order valence-electron chi connectivity index (χ0n) is 16.8. The standard InChI is InChI=1S/C22H20F2N2O5/c1-28-17-6-4-16(12-19(17)30-13-14-7-9-25-10-8-14)26-21(27)15-3-5-18(29-2)20(11-15)31-22(23)24/h3-12,22H,13H2,1-2H3,(H,26,27). The van der Waals surface area contributed by atoms with Crippen molar-refractivity contribution in [2.45, 2.75) is 13.2 Å². The van der Waals surface area contributed by atoms with Gasteiger partial charge in [-0.2, -0.15) is 8.78 Å². The molecular weight excluding hydrogens is 410 g/mol. The first kappa shape index (κ1) is 21.8. The SMILES string of the molecule is COc1ccc(NC(=O)c2ccc(OC)c(OC(F)F)c2)cc1OCc1ccncc1. The number of aromatic nitrogens is 1. The molecule has 162 valence electrons. The quantitative estimate of drug-likeness (QED) is 0.537. The van der Waals surface area contributed by atoms with E-state index in [2.05, 4.69) is 15.0 Å². The van der Waals surface area contributed by atoms with Gasteiger partial charge in [-0.25, -0.2) is 0 Å². The number of halogens is 2. The average molecular weight is 430 g/mol. The van der Waals surface area contributed by atoms with Crippen LogP contribution in [0.5, 0.6) is 23.0 Å². The molecule has 3 aromatic rings. The Bertz CT molecular complexity index is 1030. The van der Waals surface area contributed by atoms with E-state index in [1.807, 2.05) is 12.1 Å². The Hall–Kier alpha value is -3.88. The summed E-state index contributed by atoms with van der Waals surface area (Å²) in [6.45, 7) is -2.77. The minimum Gasteiger partial charge on any atom is -0.493 e. The van der Waals surface area contributed by atoms with Crippen LogP contribution in [-0.2, 0) is 6.61 Å². The van der Waals surface area contributed by atoms with Crippen molar-refractivity contribution in [1.29, 1.82) is 0 Å². The highest BCUT2D eigenvalue weighted by molar-refractivity contribution is 6.04. The summed E-state index contributed by atoms with van der Waals surface area (Å²) in [4.78, 5) is 16.6. The number of pyridine rings is 1. The number of methoxy groups -OCH3 is 2. The molecule has 0 atom stereocenters. The van der Waals surface area contributed by atoms with Gasteiger partial charge in [0.05, 0.1) is 14.2 Å². The van der Waals surface area contributed by atoms with Crippen LogP contribution in [0, 0.1) is 0 Å². The van der Waals surface area contributed by atoms with E-state index in [9.17, 15) is 13.6 Å². The van der Waals surface area contributed by atoms with Crippen LogP contribution in [0.3, 0.4) is 0 Å². The summed E-state index contributed by atoms with van der Waals surface area (Å²) >= 11 is 0. The number of benzene rings is 2. The predicted octanol–water partition coefficient (Wildman–Crippen LogP) is 4.53. The van der Waals surface area contributed by atoms with E-state index in [1.165, 1.54) is 32.4 Å². The van der Waals surface area contributed by atoms with Crippen LogP contribution in [0.15, 0.2) is 60.9 Å². The number of carbonyl (C=O) groups excluding carboxylic acids is 1. The topological polar surface area (TPSA) is 78.9 Å². The van der Waals surface area contributed by atoms with Crippen molar-refractivity contribution in [3.63, 3.8) is 0 Å². The first-order valence-corrected chi connectivity index (χ1v) is 9.14. The molecule has 1 amide bonds. The van der Waals surface area contributed by atoms with Crippen LogP contribution in [0.25, 0.3) is 0 Å². The number of carbonyl (C=O) groups is 1. The molecule has 0 radical (unpaired) electrons. The van der Waals surface area contributed by atoms with Gasteiger partial charge in [-0.1, -0.05) is 0 Å². The highest BCUT2D eigenvalue weighted by atomic mass is 19.3. The van der Waals surface area contributed by atoms with Gasteiger partial charge in [-0.05, 0) is 48.0 Å². The van der Waals surface area contributed by atoms with Crippen molar-refractivity contribution in [2.75, 3.05) is 19.5 Å². The van der Waals surface area contributed by atoms with Crippen LogP contribution in [0.1, 0.15) is 15.9 Å². The van der Waals surface area contributed by atoms with Crippen LogP contribution >= 0.6 is 0 Å². The molecule has 2 aromatic carbocycles.